The van der Waals surface area contributed by atoms with Gasteiger partial charge in [0.15, 0.2) is 0 Å². The summed E-state index contributed by atoms with van der Waals surface area (Å²) in [4.78, 5) is 28.3. The van der Waals surface area contributed by atoms with Crippen LogP contribution in [0.1, 0.15) is 39.2 Å². The third-order valence-electron chi connectivity index (χ3n) is 5.58. The van der Waals surface area contributed by atoms with Crippen LogP contribution in [0.15, 0.2) is 71.1 Å². The van der Waals surface area contributed by atoms with Crippen molar-refractivity contribution in [2.75, 3.05) is 25.2 Å². The average molecular weight is 452 g/mol. The second-order valence-electron chi connectivity index (χ2n) is 7.50. The molecule has 2 aromatic rings. The lowest BCUT2D eigenvalue weighted by Crippen LogP contribution is -2.35. The fourth-order valence-electron chi connectivity index (χ4n) is 4.12. The first kappa shape index (κ1) is 23.9. The van der Waals surface area contributed by atoms with E-state index in [0.717, 1.165) is 5.56 Å². The zero-order valence-electron chi connectivity index (χ0n) is 19.5. The number of nitrogens with zero attached hydrogens (tertiary/aromatic N) is 1. The highest BCUT2D eigenvalue weighted by atomic mass is 16.5. The fraction of sp³-hybridized carbons (Fsp3) is 0.308. The van der Waals surface area contributed by atoms with E-state index < -0.39 is 17.9 Å². The minimum Gasteiger partial charge on any atom is -0.508 e. The minimum absolute atomic E-state index is 0.117. The van der Waals surface area contributed by atoms with Crippen molar-refractivity contribution in [3.63, 3.8) is 0 Å². The average Bonchev–Trinajstić information content (AvgIpc) is 2.80. The lowest BCUT2D eigenvalue weighted by atomic mass is 9.79. The topological polar surface area (TPSA) is 85.3 Å². The van der Waals surface area contributed by atoms with Gasteiger partial charge in [-0.15, -0.1) is 0 Å². The molecule has 0 bridgehead atoms. The predicted octanol–water partition coefficient (Wildman–Crippen LogP) is 4.68. The van der Waals surface area contributed by atoms with Crippen molar-refractivity contribution in [2.24, 2.45) is 0 Å². The number of hydrogen-bond donors (Lipinski definition) is 1. The first-order valence-corrected chi connectivity index (χ1v) is 10.8. The fourth-order valence-corrected chi connectivity index (χ4v) is 4.12. The van der Waals surface area contributed by atoms with E-state index in [4.69, 9.17) is 14.2 Å². The number of rotatable bonds is 7. The van der Waals surface area contributed by atoms with Gasteiger partial charge in [-0.25, -0.2) is 9.59 Å². The molecule has 0 aliphatic carbocycles. The molecule has 174 valence electrons. The summed E-state index contributed by atoms with van der Waals surface area (Å²) in [7, 11) is 1.58. The van der Waals surface area contributed by atoms with Crippen molar-refractivity contribution in [1.82, 2.24) is 0 Å². The Hall–Kier alpha value is -3.74. The molecule has 0 fully saturated rings. The Labute approximate surface area is 193 Å². The van der Waals surface area contributed by atoms with Crippen LogP contribution in [0.2, 0.25) is 0 Å². The van der Waals surface area contributed by atoms with Crippen molar-refractivity contribution in [3.8, 4) is 11.5 Å². The normalized spacial score (nSPS) is 14.4. The molecule has 7 nitrogen and oxygen atoms in total. The Morgan fingerprint density at radius 1 is 0.848 bits per heavy atom. The monoisotopic (exact) mass is 451 g/mol. The van der Waals surface area contributed by atoms with Crippen LogP contribution in [0, 0.1) is 0 Å². The van der Waals surface area contributed by atoms with Gasteiger partial charge >= 0.3 is 11.9 Å². The summed E-state index contributed by atoms with van der Waals surface area (Å²) < 4.78 is 16.1. The number of benzene rings is 2. The lowest BCUT2D eigenvalue weighted by molar-refractivity contribution is -0.139. The number of phenolic OH excluding ortho intramolecular Hbond substituents is 1. The maximum absolute atomic E-state index is 13.2. The number of anilines is 1. The highest BCUT2D eigenvalue weighted by Gasteiger charge is 2.41. The molecule has 2 aromatic carbocycles. The van der Waals surface area contributed by atoms with Gasteiger partial charge < -0.3 is 24.2 Å². The molecule has 1 aliphatic heterocycles. The van der Waals surface area contributed by atoms with Gasteiger partial charge in [-0.05, 0) is 69.7 Å². The Morgan fingerprint density at radius 2 is 1.33 bits per heavy atom. The van der Waals surface area contributed by atoms with E-state index in [-0.39, 0.29) is 19.0 Å². The molecule has 0 radical (unpaired) electrons. The molecule has 0 unspecified atom stereocenters. The zero-order valence-corrected chi connectivity index (χ0v) is 19.5. The van der Waals surface area contributed by atoms with Crippen molar-refractivity contribution in [3.05, 3.63) is 76.6 Å². The van der Waals surface area contributed by atoms with Crippen molar-refractivity contribution < 1.29 is 28.9 Å². The molecule has 33 heavy (non-hydrogen) atoms. The van der Waals surface area contributed by atoms with Gasteiger partial charge in [-0.2, -0.15) is 0 Å². The van der Waals surface area contributed by atoms with Gasteiger partial charge in [0.2, 0.25) is 0 Å². The van der Waals surface area contributed by atoms with Crippen molar-refractivity contribution in [1.29, 1.82) is 0 Å². The van der Waals surface area contributed by atoms with Crippen LogP contribution < -0.4 is 9.64 Å². The second kappa shape index (κ2) is 10.3. The van der Waals surface area contributed by atoms with Crippen LogP contribution in [-0.4, -0.2) is 37.4 Å². The van der Waals surface area contributed by atoms with E-state index in [0.29, 0.717) is 34.0 Å². The van der Waals surface area contributed by atoms with Crippen LogP contribution in [-0.2, 0) is 19.1 Å². The molecule has 7 heteroatoms. The number of carbonyl (C=O) groups excluding carboxylic acids is 2. The van der Waals surface area contributed by atoms with Gasteiger partial charge in [0.25, 0.3) is 0 Å². The molecule has 1 N–H and O–H groups in total. The number of aromatic hydroxyl groups is 1. The summed E-state index contributed by atoms with van der Waals surface area (Å²) >= 11 is 0. The summed E-state index contributed by atoms with van der Waals surface area (Å²) in [6.45, 7) is 7.51. The van der Waals surface area contributed by atoms with Crippen molar-refractivity contribution >= 4 is 17.6 Å². The molecule has 1 aliphatic rings. The quantitative estimate of drug-likeness (QED) is 0.612. The van der Waals surface area contributed by atoms with Crippen molar-refractivity contribution in [2.45, 2.75) is 33.6 Å². The molecule has 0 spiro atoms. The minimum atomic E-state index is -0.678. The van der Waals surface area contributed by atoms with Crippen LogP contribution >= 0.6 is 0 Å². The van der Waals surface area contributed by atoms with Crippen LogP contribution in [0.25, 0.3) is 0 Å². The largest absolute Gasteiger partial charge is 0.508 e. The summed E-state index contributed by atoms with van der Waals surface area (Å²) in [6.07, 6.45) is 0. The Kier molecular flexibility index (Phi) is 7.43. The van der Waals surface area contributed by atoms with Crippen LogP contribution in [0.5, 0.6) is 11.5 Å². The van der Waals surface area contributed by atoms with Crippen LogP contribution in [0.4, 0.5) is 5.69 Å². The molecule has 1 heterocycles. The summed E-state index contributed by atoms with van der Waals surface area (Å²) in [6, 6.07) is 13.8. The first-order chi connectivity index (χ1) is 15.8. The van der Waals surface area contributed by atoms with Crippen LogP contribution in [0.3, 0.4) is 0 Å². The highest BCUT2D eigenvalue weighted by Crippen LogP contribution is 2.45. The smallest absolute Gasteiger partial charge is 0.336 e. The Balaban J connectivity index is 2.29. The first-order valence-electron chi connectivity index (χ1n) is 10.8. The lowest BCUT2D eigenvalue weighted by Gasteiger charge is -2.38. The SMILES string of the molecule is CCOC(=O)C1=C(C)N(c2ccc(O)cc2)C(C)=C(C(=O)OCC)C1c1ccc(OC)cc1. The summed E-state index contributed by atoms with van der Waals surface area (Å²) in [5.41, 5.74) is 3.40. The molecule has 0 saturated carbocycles. The van der Waals surface area contributed by atoms with E-state index >= 15 is 0 Å². The molecule has 0 saturated heterocycles. The van der Waals surface area contributed by atoms with Gasteiger partial charge in [-0.3, -0.25) is 0 Å². The molecule has 0 aromatic heterocycles. The third-order valence-corrected chi connectivity index (χ3v) is 5.58. The van der Waals surface area contributed by atoms with E-state index in [1.807, 2.05) is 30.9 Å². The van der Waals surface area contributed by atoms with E-state index in [9.17, 15) is 14.7 Å². The maximum atomic E-state index is 13.2. The Morgan fingerprint density at radius 3 is 1.76 bits per heavy atom. The van der Waals surface area contributed by atoms with E-state index in [1.54, 1.807) is 57.4 Å². The molecule has 3 rings (SSSR count). The maximum Gasteiger partial charge on any atom is 0.336 e. The molecule has 0 amide bonds. The number of carbonyl (C=O) groups is 2. The Bertz CT molecular complexity index is 1040. The molecule has 0 atom stereocenters. The number of ether oxygens (including phenoxy) is 3. The standard InChI is InChI=1S/C26H29NO6/c1-6-32-25(29)22-16(3)27(19-10-12-20(28)13-11-19)17(4)23(26(30)33-7-2)24(22)18-8-14-21(31-5)15-9-18/h8-15,24,28H,6-7H2,1-5H3. The van der Waals surface area contributed by atoms with E-state index in [1.165, 1.54) is 0 Å². The van der Waals surface area contributed by atoms with Gasteiger partial charge in [-0.1, -0.05) is 12.1 Å². The molecular formula is C26H29NO6. The number of phenols is 1. The van der Waals surface area contributed by atoms with Gasteiger partial charge in [0.1, 0.15) is 11.5 Å². The third kappa shape index (κ3) is 4.72. The second-order valence-corrected chi connectivity index (χ2v) is 7.50. The summed E-state index contributed by atoms with van der Waals surface area (Å²) in [5, 5.41) is 9.74. The highest BCUT2D eigenvalue weighted by molar-refractivity contribution is 6.01. The number of methoxy groups -OCH3 is 1. The zero-order chi connectivity index (χ0) is 24.1. The van der Waals surface area contributed by atoms with Gasteiger partial charge in [0.05, 0.1) is 37.4 Å². The van der Waals surface area contributed by atoms with Gasteiger partial charge in [0, 0.05) is 17.1 Å². The number of esters is 2. The number of allylic oxidation sites excluding steroid dienone is 2. The molecular weight excluding hydrogens is 422 g/mol. The summed E-state index contributed by atoms with van der Waals surface area (Å²) in [5.74, 6) is -0.909. The van der Waals surface area contributed by atoms with E-state index in [2.05, 4.69) is 0 Å². The number of hydrogen-bond acceptors (Lipinski definition) is 7. The predicted molar refractivity (Wildman–Crippen MR) is 125 cm³/mol.